The van der Waals surface area contributed by atoms with Crippen LogP contribution in [0.15, 0.2) is 29.2 Å². The second-order valence-electron chi connectivity index (χ2n) is 3.10. The maximum atomic E-state index is 12.7. The zero-order valence-corrected chi connectivity index (χ0v) is 9.65. The maximum Gasteiger partial charge on any atom is 0.280 e. The van der Waals surface area contributed by atoms with Gasteiger partial charge in [0.2, 0.25) is 0 Å². The molecule has 0 atom stereocenters. The van der Waals surface area contributed by atoms with Crippen LogP contribution in [-0.2, 0) is 4.79 Å². The van der Waals surface area contributed by atoms with Crippen LogP contribution in [-0.4, -0.2) is 15.2 Å². The number of thioether (sulfide) groups is 1. The van der Waals surface area contributed by atoms with E-state index in [1.807, 2.05) is 0 Å². The Morgan fingerprint density at radius 3 is 2.50 bits per heavy atom. The predicted octanol–water partition coefficient (Wildman–Crippen LogP) is 1.90. The first-order chi connectivity index (χ1) is 7.58. The average Bonchev–Trinajstić information content (AvgIpc) is 2.50. The van der Waals surface area contributed by atoms with Gasteiger partial charge in [0.25, 0.3) is 5.91 Å². The largest absolute Gasteiger partial charge is 0.280 e. The first-order valence-corrected chi connectivity index (χ1v) is 5.58. The van der Waals surface area contributed by atoms with Gasteiger partial charge < -0.3 is 0 Å². The molecule has 0 aliphatic carbocycles. The summed E-state index contributed by atoms with van der Waals surface area (Å²) in [5, 5.41) is 0.926. The molecule has 1 aliphatic heterocycles. The molecule has 2 N–H and O–H groups in total. The van der Waals surface area contributed by atoms with E-state index in [0.717, 1.165) is 22.3 Å². The number of nitrogens with zero attached hydrogens (tertiary/aromatic N) is 1. The van der Waals surface area contributed by atoms with Gasteiger partial charge in [-0.1, -0.05) is 36.1 Å². The SMILES string of the molecule is NN1C(=O)/C(=C\c2ccc(F)cc2)SC1=S. The molecule has 82 valence electrons. The maximum absolute atomic E-state index is 12.7. The van der Waals surface area contributed by atoms with Crippen molar-refractivity contribution in [3.8, 4) is 0 Å². The molecular formula is C10H7FN2OS2. The van der Waals surface area contributed by atoms with Gasteiger partial charge in [0.05, 0.1) is 4.91 Å². The molecule has 1 aliphatic rings. The molecule has 0 spiro atoms. The Hall–Kier alpha value is -1.24. The summed E-state index contributed by atoms with van der Waals surface area (Å²) in [6, 6.07) is 5.82. The minimum atomic E-state index is -0.334. The highest BCUT2D eigenvalue weighted by atomic mass is 32.2. The van der Waals surface area contributed by atoms with Gasteiger partial charge in [-0.25, -0.2) is 15.2 Å². The normalized spacial score (nSPS) is 18.6. The van der Waals surface area contributed by atoms with Crippen molar-refractivity contribution in [2.75, 3.05) is 0 Å². The lowest BCUT2D eigenvalue weighted by Crippen LogP contribution is -2.34. The highest BCUT2D eigenvalue weighted by molar-refractivity contribution is 8.26. The van der Waals surface area contributed by atoms with Crippen molar-refractivity contribution in [2.45, 2.75) is 0 Å². The van der Waals surface area contributed by atoms with Crippen LogP contribution >= 0.6 is 24.0 Å². The number of halogens is 1. The van der Waals surface area contributed by atoms with Crippen LogP contribution in [0.4, 0.5) is 4.39 Å². The van der Waals surface area contributed by atoms with Gasteiger partial charge in [-0.2, -0.15) is 0 Å². The fourth-order valence-electron chi connectivity index (χ4n) is 1.19. The van der Waals surface area contributed by atoms with E-state index >= 15 is 0 Å². The lowest BCUT2D eigenvalue weighted by atomic mass is 10.2. The van der Waals surface area contributed by atoms with E-state index in [4.69, 9.17) is 18.1 Å². The van der Waals surface area contributed by atoms with Crippen LogP contribution in [0, 0.1) is 5.82 Å². The number of carbonyl (C=O) groups excluding carboxylic acids is 1. The van der Waals surface area contributed by atoms with Gasteiger partial charge in [-0.15, -0.1) is 0 Å². The number of rotatable bonds is 1. The van der Waals surface area contributed by atoms with Crippen LogP contribution in [0.1, 0.15) is 5.56 Å². The number of amides is 1. The van der Waals surface area contributed by atoms with Gasteiger partial charge in [0, 0.05) is 0 Å². The molecule has 2 rings (SSSR count). The van der Waals surface area contributed by atoms with E-state index in [1.54, 1.807) is 18.2 Å². The van der Waals surface area contributed by atoms with Crippen molar-refractivity contribution in [3.63, 3.8) is 0 Å². The Balaban J connectivity index is 2.29. The van der Waals surface area contributed by atoms with Gasteiger partial charge in [0.15, 0.2) is 4.32 Å². The van der Waals surface area contributed by atoms with Gasteiger partial charge in [-0.05, 0) is 23.8 Å². The summed E-state index contributed by atoms with van der Waals surface area (Å²) in [6.07, 6.45) is 1.63. The Morgan fingerprint density at radius 1 is 1.38 bits per heavy atom. The highest BCUT2D eigenvalue weighted by Gasteiger charge is 2.29. The molecule has 0 saturated carbocycles. The molecule has 1 fully saturated rings. The zero-order chi connectivity index (χ0) is 11.7. The topological polar surface area (TPSA) is 46.3 Å². The van der Waals surface area contributed by atoms with Gasteiger partial charge in [0.1, 0.15) is 5.82 Å². The van der Waals surface area contributed by atoms with E-state index in [1.165, 1.54) is 12.1 Å². The Kier molecular flexibility index (Phi) is 3.04. The number of nitrogens with two attached hydrogens (primary N) is 1. The molecule has 6 heteroatoms. The minimum absolute atomic E-state index is 0.316. The number of hydrazine groups is 1. The van der Waals surface area contributed by atoms with Crippen LogP contribution in [0.25, 0.3) is 6.08 Å². The third kappa shape index (κ3) is 2.13. The molecule has 0 aromatic heterocycles. The molecule has 3 nitrogen and oxygen atoms in total. The molecule has 1 aromatic carbocycles. The van der Waals surface area contributed by atoms with Crippen molar-refractivity contribution in [3.05, 3.63) is 40.6 Å². The van der Waals surface area contributed by atoms with Crippen LogP contribution in [0.2, 0.25) is 0 Å². The summed E-state index contributed by atoms with van der Waals surface area (Å²) in [7, 11) is 0. The molecule has 16 heavy (non-hydrogen) atoms. The minimum Gasteiger partial charge on any atom is -0.267 e. The molecular weight excluding hydrogens is 247 g/mol. The van der Waals surface area contributed by atoms with Crippen LogP contribution in [0.3, 0.4) is 0 Å². The molecule has 0 unspecified atom stereocenters. The molecule has 0 bridgehead atoms. The Bertz CT molecular complexity index is 484. The number of carbonyl (C=O) groups is 1. The number of benzene rings is 1. The van der Waals surface area contributed by atoms with Gasteiger partial charge in [-0.3, -0.25) is 4.79 Å². The van der Waals surface area contributed by atoms with Crippen molar-refractivity contribution < 1.29 is 9.18 Å². The average molecular weight is 254 g/mol. The van der Waals surface area contributed by atoms with E-state index in [2.05, 4.69) is 0 Å². The van der Waals surface area contributed by atoms with Crippen molar-refractivity contribution in [1.29, 1.82) is 0 Å². The Morgan fingerprint density at radius 2 is 2.00 bits per heavy atom. The smallest absolute Gasteiger partial charge is 0.267 e. The van der Waals surface area contributed by atoms with Crippen molar-refractivity contribution in [1.82, 2.24) is 5.01 Å². The molecule has 1 heterocycles. The van der Waals surface area contributed by atoms with Crippen LogP contribution in [0.5, 0.6) is 0 Å². The standard InChI is InChI=1S/C10H7FN2OS2/c11-7-3-1-6(2-4-7)5-8-9(14)13(12)10(15)16-8/h1-5H,12H2/b8-5+. The second-order valence-corrected chi connectivity index (χ2v) is 4.78. The third-order valence-electron chi connectivity index (χ3n) is 1.99. The fourth-order valence-corrected chi connectivity index (χ4v) is 2.29. The van der Waals surface area contributed by atoms with Gasteiger partial charge >= 0.3 is 0 Å². The first-order valence-electron chi connectivity index (χ1n) is 4.36. The van der Waals surface area contributed by atoms with E-state index in [9.17, 15) is 9.18 Å². The summed E-state index contributed by atoms with van der Waals surface area (Å²) < 4.78 is 13.0. The first kappa shape index (κ1) is 11.3. The number of hydrogen-bond donors (Lipinski definition) is 1. The molecule has 0 radical (unpaired) electrons. The zero-order valence-electron chi connectivity index (χ0n) is 8.01. The summed E-state index contributed by atoms with van der Waals surface area (Å²) in [5.41, 5.74) is 0.732. The van der Waals surface area contributed by atoms with E-state index in [-0.39, 0.29) is 11.7 Å². The van der Waals surface area contributed by atoms with Crippen LogP contribution < -0.4 is 5.84 Å². The molecule has 1 aromatic rings. The fraction of sp³-hybridized carbons (Fsp3) is 0. The lowest BCUT2D eigenvalue weighted by molar-refractivity contribution is -0.122. The molecule has 1 amide bonds. The monoisotopic (exact) mass is 254 g/mol. The number of hydrogen-bond acceptors (Lipinski definition) is 4. The second kappa shape index (κ2) is 4.32. The van der Waals surface area contributed by atoms with E-state index < -0.39 is 0 Å². The van der Waals surface area contributed by atoms with E-state index in [0.29, 0.717) is 9.23 Å². The van der Waals surface area contributed by atoms with Crippen molar-refractivity contribution in [2.24, 2.45) is 5.84 Å². The predicted molar refractivity (Wildman–Crippen MR) is 65.6 cm³/mol. The molecule has 1 saturated heterocycles. The van der Waals surface area contributed by atoms with Crippen molar-refractivity contribution >= 4 is 40.3 Å². The summed E-state index contributed by atoms with van der Waals surface area (Å²) in [6.45, 7) is 0. The Labute approximate surface area is 101 Å². The highest BCUT2D eigenvalue weighted by Crippen LogP contribution is 2.30. The lowest BCUT2D eigenvalue weighted by Gasteiger charge is -2.02. The number of thiocarbonyl (C=S) groups is 1. The summed E-state index contributed by atoms with van der Waals surface area (Å²) >= 11 is 6.01. The summed E-state index contributed by atoms with van der Waals surface area (Å²) in [4.78, 5) is 12.0. The summed E-state index contributed by atoms with van der Waals surface area (Å²) in [5.74, 6) is 4.76. The quantitative estimate of drug-likeness (QED) is 0.360. The third-order valence-corrected chi connectivity index (χ3v) is 3.32.